The quantitative estimate of drug-likeness (QED) is 0.258. The largest absolute Gasteiger partial charge is 0.249 e. The fourth-order valence-electron chi connectivity index (χ4n) is 3.54. The van der Waals surface area contributed by atoms with Crippen molar-refractivity contribution >= 4 is 7.81 Å². The van der Waals surface area contributed by atoms with Gasteiger partial charge >= 0.3 is 33.0 Å². The Morgan fingerprint density at radius 3 is 1.83 bits per heavy atom. The molecule has 0 unspecified atom stereocenters. The number of halogens is 6. The van der Waals surface area contributed by atoms with Gasteiger partial charge in [-0.25, -0.2) is 9.13 Å². The van der Waals surface area contributed by atoms with Gasteiger partial charge in [-0.05, 0) is 65.6 Å². The van der Waals surface area contributed by atoms with Crippen LogP contribution in [0.2, 0.25) is 0 Å². The predicted molar refractivity (Wildman–Crippen MR) is 99.9 cm³/mol. The number of nitrogens with zero attached hydrogens (tertiary/aromatic N) is 2. The van der Waals surface area contributed by atoms with E-state index in [0.29, 0.717) is 0 Å². The topological polar surface area (TPSA) is 8.81 Å². The van der Waals surface area contributed by atoms with E-state index in [2.05, 4.69) is 64.3 Å². The maximum absolute atomic E-state index is 10.7. The van der Waals surface area contributed by atoms with Gasteiger partial charge in [-0.3, -0.25) is 0 Å². The molecule has 9 heteroatoms. The normalized spacial score (nSPS) is 16.8. The number of hydrogen-bond donors (Lipinski definition) is 0. The molecule has 0 spiro atoms. The van der Waals surface area contributed by atoms with Crippen LogP contribution in [0, 0.1) is 0 Å². The zero-order valence-electron chi connectivity index (χ0n) is 15.3. The summed E-state index contributed by atoms with van der Waals surface area (Å²) in [6.07, 6.45) is 11.5. The van der Waals surface area contributed by atoms with Crippen molar-refractivity contribution in [2.45, 2.75) is 32.2 Å². The standard InChI is InChI=1S/C20H19N2.F6P/c1-2-16-3-5-18(16)11-15(1)13-21-9-10-22(14-21)20-8-7-17-4-6-19(17)12-20;1-7(2,3,4,5)6/h1-2,7-12,14H,3-6,13H2;/q+1;-1. The molecule has 0 aliphatic heterocycles. The van der Waals surface area contributed by atoms with Crippen LogP contribution >= 0.6 is 7.81 Å². The van der Waals surface area contributed by atoms with Crippen LogP contribution in [0.3, 0.4) is 0 Å². The number of aromatic nitrogens is 2. The minimum Gasteiger partial charge on any atom is -0.232 e. The van der Waals surface area contributed by atoms with E-state index >= 15 is 0 Å². The number of benzene rings is 2. The maximum atomic E-state index is 9.87. The Morgan fingerprint density at radius 1 is 0.759 bits per heavy atom. The van der Waals surface area contributed by atoms with E-state index in [9.17, 15) is 25.2 Å². The minimum atomic E-state index is -10.7. The van der Waals surface area contributed by atoms with E-state index in [1.165, 1.54) is 53.6 Å². The van der Waals surface area contributed by atoms with E-state index in [-0.39, 0.29) is 0 Å². The van der Waals surface area contributed by atoms with Crippen molar-refractivity contribution in [3.63, 3.8) is 0 Å². The number of imidazole rings is 1. The summed E-state index contributed by atoms with van der Waals surface area (Å²) in [5, 5.41) is 0. The van der Waals surface area contributed by atoms with Crippen LogP contribution in [0.25, 0.3) is 5.69 Å². The second-order valence-corrected chi connectivity index (χ2v) is 9.42. The first-order chi connectivity index (χ1) is 13.3. The smallest absolute Gasteiger partial charge is 0.232 e. The van der Waals surface area contributed by atoms with Gasteiger partial charge in [0.2, 0.25) is 6.33 Å². The van der Waals surface area contributed by atoms with Crippen molar-refractivity contribution in [3.05, 3.63) is 82.9 Å². The van der Waals surface area contributed by atoms with E-state index in [0.717, 1.165) is 6.54 Å². The number of fused-ring (bicyclic) bond motifs is 2. The molecule has 156 valence electrons. The summed E-state index contributed by atoms with van der Waals surface area (Å²) in [5.74, 6) is 0. The second-order valence-electron chi connectivity index (χ2n) is 7.51. The van der Waals surface area contributed by atoms with E-state index in [1.807, 2.05) is 0 Å². The van der Waals surface area contributed by atoms with Crippen molar-refractivity contribution < 1.29 is 29.7 Å². The summed E-state index contributed by atoms with van der Waals surface area (Å²) >= 11 is 0. The van der Waals surface area contributed by atoms with Crippen LogP contribution in [0.1, 0.15) is 27.8 Å². The van der Waals surface area contributed by atoms with Gasteiger partial charge in [0.05, 0.1) is 0 Å². The Balaban J connectivity index is 0.000000255. The molecule has 0 N–H and O–H groups in total. The molecule has 2 aromatic carbocycles. The van der Waals surface area contributed by atoms with Crippen molar-refractivity contribution in [2.24, 2.45) is 0 Å². The predicted octanol–water partition coefficient (Wildman–Crippen LogP) is 6.39. The second kappa shape index (κ2) is 6.08. The zero-order valence-corrected chi connectivity index (χ0v) is 16.2. The van der Waals surface area contributed by atoms with Gasteiger partial charge in [-0.1, -0.05) is 24.3 Å². The van der Waals surface area contributed by atoms with E-state index < -0.39 is 7.81 Å². The van der Waals surface area contributed by atoms with Crippen LogP contribution in [-0.2, 0) is 32.2 Å². The molecule has 29 heavy (non-hydrogen) atoms. The Kier molecular flexibility index (Phi) is 4.18. The van der Waals surface area contributed by atoms with Gasteiger partial charge in [0.15, 0.2) is 0 Å². The first kappa shape index (κ1) is 20.0. The Labute approximate surface area is 163 Å². The third kappa shape index (κ3) is 5.60. The summed E-state index contributed by atoms with van der Waals surface area (Å²) in [6, 6.07) is 13.8. The van der Waals surface area contributed by atoms with Gasteiger partial charge in [0, 0.05) is 0 Å². The molecule has 5 rings (SSSR count). The van der Waals surface area contributed by atoms with E-state index in [4.69, 9.17) is 0 Å². The van der Waals surface area contributed by atoms with Gasteiger partial charge < -0.3 is 0 Å². The summed E-state index contributed by atoms with van der Waals surface area (Å²) in [4.78, 5) is 0. The average Bonchev–Trinajstić information content (AvgIpc) is 2.97. The van der Waals surface area contributed by atoms with Crippen molar-refractivity contribution in [1.82, 2.24) is 4.57 Å². The summed E-state index contributed by atoms with van der Waals surface area (Å²) < 4.78 is 63.7. The molecule has 2 nitrogen and oxygen atoms in total. The van der Waals surface area contributed by atoms with Crippen LogP contribution in [-0.4, -0.2) is 4.57 Å². The third-order valence-electron chi connectivity index (χ3n) is 5.14. The van der Waals surface area contributed by atoms with Crippen LogP contribution in [0.5, 0.6) is 0 Å². The molecule has 1 heterocycles. The Morgan fingerprint density at radius 2 is 1.31 bits per heavy atom. The average molecular weight is 432 g/mol. The molecule has 0 saturated carbocycles. The molecule has 0 atom stereocenters. The third-order valence-corrected chi connectivity index (χ3v) is 5.14. The molecule has 0 fully saturated rings. The molecule has 3 aromatic rings. The fourth-order valence-corrected chi connectivity index (χ4v) is 3.54. The van der Waals surface area contributed by atoms with Gasteiger partial charge in [-0.2, -0.15) is 0 Å². The van der Waals surface area contributed by atoms with Gasteiger partial charge in [-0.15, -0.1) is 0 Å². The van der Waals surface area contributed by atoms with Crippen molar-refractivity contribution in [2.75, 3.05) is 0 Å². The monoisotopic (exact) mass is 432 g/mol. The number of hydrogen-bond acceptors (Lipinski definition) is 0. The molecule has 1 aromatic heterocycles. The number of rotatable bonds is 3. The van der Waals surface area contributed by atoms with Gasteiger partial charge in [0.1, 0.15) is 24.6 Å². The van der Waals surface area contributed by atoms with Crippen LogP contribution in [0.4, 0.5) is 25.2 Å². The van der Waals surface area contributed by atoms with Gasteiger partial charge in [0.25, 0.3) is 0 Å². The molecule has 2 aliphatic rings. The van der Waals surface area contributed by atoms with Crippen LogP contribution < -0.4 is 4.57 Å². The van der Waals surface area contributed by atoms with Crippen molar-refractivity contribution in [3.8, 4) is 5.69 Å². The molecular weight excluding hydrogens is 413 g/mol. The summed E-state index contributed by atoms with van der Waals surface area (Å²) in [5.41, 5.74) is 8.78. The molecule has 0 bridgehead atoms. The van der Waals surface area contributed by atoms with Crippen LogP contribution in [0.15, 0.2) is 55.1 Å². The molecule has 2 aliphatic carbocycles. The molecular formula is C20H19F6N2P. The first-order valence-corrected chi connectivity index (χ1v) is 11.2. The van der Waals surface area contributed by atoms with Crippen molar-refractivity contribution in [1.29, 1.82) is 0 Å². The minimum absolute atomic E-state index is 0.950. The summed E-state index contributed by atoms with van der Waals surface area (Å²) in [7, 11) is -10.7. The Hall–Kier alpha value is -2.34. The SMILES string of the molecule is F[P-](F)(F)(F)(F)F.c1cc2c(cc1C[n+]1ccn(-c3ccc4c(c3)CC4)c1)CC2. The molecule has 0 amide bonds. The fraction of sp³-hybridized carbons (Fsp3) is 0.250. The van der Waals surface area contributed by atoms with E-state index in [1.54, 1.807) is 5.56 Å². The Bertz CT molecular complexity index is 1080. The maximum Gasteiger partial charge on any atom is 0.249 e. The first-order valence-electron chi connectivity index (χ1n) is 9.16. The number of aryl methyl sites for hydroxylation is 4. The summed E-state index contributed by atoms with van der Waals surface area (Å²) in [6.45, 7) is 0.950. The molecule has 0 saturated heterocycles. The molecule has 0 radical (unpaired) electrons. The zero-order chi connectivity index (χ0) is 20.9.